The number of rotatable bonds is 2. The molecule has 6 heteroatoms. The van der Waals surface area contributed by atoms with Gasteiger partial charge in [0.25, 0.3) is 5.24 Å². The summed E-state index contributed by atoms with van der Waals surface area (Å²) in [5.74, 6) is -0.609. The standard InChI is InChI=1S/C11H15ClN2O3/c1-6-7(10(16)17-5)8(9(12)15)13-14(6)11(2,3)4/h1-5H3. The van der Waals surface area contributed by atoms with Crippen molar-refractivity contribution in [1.82, 2.24) is 9.78 Å². The summed E-state index contributed by atoms with van der Waals surface area (Å²) in [6, 6.07) is 0. The Morgan fingerprint density at radius 3 is 2.24 bits per heavy atom. The van der Waals surface area contributed by atoms with Gasteiger partial charge in [0.05, 0.1) is 18.3 Å². The lowest BCUT2D eigenvalue weighted by Crippen LogP contribution is -2.24. The molecule has 1 aromatic heterocycles. The van der Waals surface area contributed by atoms with E-state index in [1.807, 2.05) is 20.8 Å². The van der Waals surface area contributed by atoms with Crippen molar-refractivity contribution in [1.29, 1.82) is 0 Å². The van der Waals surface area contributed by atoms with Gasteiger partial charge in [-0.3, -0.25) is 9.48 Å². The molecule has 0 radical (unpaired) electrons. The van der Waals surface area contributed by atoms with Crippen LogP contribution in [0.4, 0.5) is 0 Å². The number of hydrogen-bond acceptors (Lipinski definition) is 4. The van der Waals surface area contributed by atoms with Gasteiger partial charge in [0.15, 0.2) is 5.69 Å². The van der Waals surface area contributed by atoms with Crippen molar-refractivity contribution < 1.29 is 14.3 Å². The average molecular weight is 259 g/mol. The molecule has 1 rings (SSSR count). The molecule has 1 heterocycles. The van der Waals surface area contributed by atoms with Crippen molar-refractivity contribution in [2.24, 2.45) is 0 Å². The highest BCUT2D eigenvalue weighted by Gasteiger charge is 2.29. The fraction of sp³-hybridized carbons (Fsp3) is 0.545. The van der Waals surface area contributed by atoms with Crippen molar-refractivity contribution in [3.05, 3.63) is 17.0 Å². The highest BCUT2D eigenvalue weighted by molar-refractivity contribution is 6.67. The van der Waals surface area contributed by atoms with Gasteiger partial charge in [-0.1, -0.05) is 0 Å². The maximum atomic E-state index is 11.6. The SMILES string of the molecule is COC(=O)c1c(C(=O)Cl)nn(C(C)(C)C)c1C. The third kappa shape index (κ3) is 2.49. The van der Waals surface area contributed by atoms with Crippen LogP contribution in [0.15, 0.2) is 0 Å². The lowest BCUT2D eigenvalue weighted by molar-refractivity contribution is 0.0597. The zero-order valence-corrected chi connectivity index (χ0v) is 11.3. The Kier molecular flexibility index (Phi) is 3.62. The normalized spacial score (nSPS) is 11.4. The molecule has 0 aliphatic rings. The summed E-state index contributed by atoms with van der Waals surface area (Å²) in [6.45, 7) is 7.44. The van der Waals surface area contributed by atoms with E-state index in [4.69, 9.17) is 11.6 Å². The Balaban J connectivity index is 3.52. The van der Waals surface area contributed by atoms with Crippen LogP contribution in [-0.2, 0) is 10.3 Å². The predicted octanol–water partition coefficient (Wildman–Crippen LogP) is 2.11. The van der Waals surface area contributed by atoms with Crippen LogP contribution in [0.25, 0.3) is 0 Å². The smallest absolute Gasteiger partial charge is 0.342 e. The number of carbonyl (C=O) groups excluding carboxylic acids is 2. The predicted molar refractivity (Wildman–Crippen MR) is 63.5 cm³/mol. The molecule has 0 bridgehead atoms. The number of carbonyl (C=O) groups is 2. The van der Waals surface area contributed by atoms with E-state index in [0.717, 1.165) is 0 Å². The third-order valence-electron chi connectivity index (χ3n) is 2.33. The quantitative estimate of drug-likeness (QED) is 0.602. The first-order valence-electron chi connectivity index (χ1n) is 5.08. The van der Waals surface area contributed by atoms with E-state index in [9.17, 15) is 9.59 Å². The summed E-state index contributed by atoms with van der Waals surface area (Å²) >= 11 is 5.42. The molecule has 94 valence electrons. The summed E-state index contributed by atoms with van der Waals surface area (Å²) in [6.07, 6.45) is 0. The molecule has 0 saturated heterocycles. The van der Waals surface area contributed by atoms with Gasteiger partial charge >= 0.3 is 5.97 Å². The van der Waals surface area contributed by atoms with Gasteiger partial charge in [-0.2, -0.15) is 5.10 Å². The van der Waals surface area contributed by atoms with E-state index in [1.54, 1.807) is 11.6 Å². The molecule has 0 atom stereocenters. The van der Waals surface area contributed by atoms with Gasteiger partial charge in [0.1, 0.15) is 5.56 Å². The van der Waals surface area contributed by atoms with Gasteiger partial charge in [0, 0.05) is 0 Å². The summed E-state index contributed by atoms with van der Waals surface area (Å²) in [7, 11) is 1.25. The lowest BCUT2D eigenvalue weighted by atomic mass is 10.1. The van der Waals surface area contributed by atoms with Crippen molar-refractivity contribution >= 4 is 22.8 Å². The summed E-state index contributed by atoms with van der Waals surface area (Å²) in [4.78, 5) is 22.9. The Hall–Kier alpha value is -1.36. The van der Waals surface area contributed by atoms with Crippen molar-refractivity contribution in [2.75, 3.05) is 7.11 Å². The number of ether oxygens (including phenoxy) is 1. The number of hydrogen-bond donors (Lipinski definition) is 0. The van der Waals surface area contributed by atoms with Crippen LogP contribution in [0.2, 0.25) is 0 Å². The Morgan fingerprint density at radius 2 is 1.88 bits per heavy atom. The molecule has 0 unspecified atom stereocenters. The second-order valence-electron chi connectivity index (χ2n) is 4.66. The number of aromatic nitrogens is 2. The van der Waals surface area contributed by atoms with Crippen molar-refractivity contribution in [3.63, 3.8) is 0 Å². The maximum Gasteiger partial charge on any atom is 0.342 e. The Labute approximate surface area is 105 Å². The van der Waals surface area contributed by atoms with E-state index >= 15 is 0 Å². The van der Waals surface area contributed by atoms with Crippen LogP contribution >= 0.6 is 11.6 Å². The molecule has 0 aliphatic heterocycles. The van der Waals surface area contributed by atoms with Crippen LogP contribution in [0.5, 0.6) is 0 Å². The first-order valence-corrected chi connectivity index (χ1v) is 5.46. The minimum Gasteiger partial charge on any atom is -0.465 e. The van der Waals surface area contributed by atoms with Crippen LogP contribution in [0.3, 0.4) is 0 Å². The van der Waals surface area contributed by atoms with Crippen LogP contribution in [0.1, 0.15) is 47.3 Å². The van der Waals surface area contributed by atoms with Gasteiger partial charge in [0.2, 0.25) is 0 Å². The van der Waals surface area contributed by atoms with E-state index < -0.39 is 11.2 Å². The molecule has 0 fully saturated rings. The Morgan fingerprint density at radius 1 is 1.35 bits per heavy atom. The minimum atomic E-state index is -0.767. The number of methoxy groups -OCH3 is 1. The van der Waals surface area contributed by atoms with Crippen molar-refractivity contribution in [3.8, 4) is 0 Å². The molecule has 0 saturated carbocycles. The number of halogens is 1. The van der Waals surface area contributed by atoms with Crippen LogP contribution in [0, 0.1) is 6.92 Å². The van der Waals surface area contributed by atoms with E-state index in [1.165, 1.54) is 7.11 Å². The first-order chi connectivity index (χ1) is 7.70. The van der Waals surface area contributed by atoms with E-state index in [2.05, 4.69) is 9.84 Å². The largest absolute Gasteiger partial charge is 0.465 e. The zero-order chi connectivity index (χ0) is 13.4. The second-order valence-corrected chi connectivity index (χ2v) is 5.00. The number of esters is 1. The highest BCUT2D eigenvalue weighted by atomic mass is 35.5. The maximum absolute atomic E-state index is 11.6. The molecule has 5 nitrogen and oxygen atoms in total. The van der Waals surface area contributed by atoms with Crippen LogP contribution in [-0.4, -0.2) is 28.1 Å². The average Bonchev–Trinajstić information content (AvgIpc) is 2.54. The topological polar surface area (TPSA) is 61.2 Å². The van der Waals surface area contributed by atoms with Gasteiger partial charge in [-0.15, -0.1) is 0 Å². The molecule has 0 aromatic carbocycles. The first kappa shape index (κ1) is 13.7. The van der Waals surface area contributed by atoms with Crippen molar-refractivity contribution in [2.45, 2.75) is 33.2 Å². The molecule has 0 N–H and O–H groups in total. The van der Waals surface area contributed by atoms with E-state index in [0.29, 0.717) is 5.69 Å². The number of nitrogens with zero attached hydrogens (tertiary/aromatic N) is 2. The molecule has 0 amide bonds. The van der Waals surface area contributed by atoms with Gasteiger partial charge < -0.3 is 4.74 Å². The summed E-state index contributed by atoms with van der Waals surface area (Å²) in [5.41, 5.74) is 0.277. The van der Waals surface area contributed by atoms with Crippen LogP contribution < -0.4 is 0 Å². The minimum absolute atomic E-state index is 0.0639. The Bertz CT molecular complexity index is 472. The van der Waals surface area contributed by atoms with E-state index in [-0.39, 0.29) is 16.8 Å². The molecular weight excluding hydrogens is 244 g/mol. The summed E-state index contributed by atoms with van der Waals surface area (Å²) in [5, 5.41) is 3.32. The molecular formula is C11H15ClN2O3. The molecule has 17 heavy (non-hydrogen) atoms. The highest BCUT2D eigenvalue weighted by Crippen LogP contribution is 2.23. The lowest BCUT2D eigenvalue weighted by Gasteiger charge is -2.21. The third-order valence-corrected chi connectivity index (χ3v) is 2.51. The molecule has 1 aromatic rings. The second kappa shape index (κ2) is 4.49. The zero-order valence-electron chi connectivity index (χ0n) is 10.5. The molecule has 0 aliphatic carbocycles. The fourth-order valence-electron chi connectivity index (χ4n) is 1.64. The fourth-order valence-corrected chi connectivity index (χ4v) is 1.77. The summed E-state index contributed by atoms with van der Waals surface area (Å²) < 4.78 is 6.22. The van der Waals surface area contributed by atoms with Gasteiger partial charge in [-0.05, 0) is 39.3 Å². The monoisotopic (exact) mass is 258 g/mol. The van der Waals surface area contributed by atoms with Gasteiger partial charge in [-0.25, -0.2) is 4.79 Å². The molecule has 0 spiro atoms.